The van der Waals surface area contributed by atoms with Crippen molar-refractivity contribution in [2.75, 3.05) is 11.9 Å². The van der Waals surface area contributed by atoms with Crippen molar-refractivity contribution in [3.05, 3.63) is 51.1 Å². The summed E-state index contributed by atoms with van der Waals surface area (Å²) < 4.78 is 41.7. The highest BCUT2D eigenvalue weighted by molar-refractivity contribution is 9.10. The maximum atomic E-state index is 12.2. The fraction of sp³-hybridized carbons (Fsp3) is 0.200. The van der Waals surface area contributed by atoms with Crippen LogP contribution in [0.3, 0.4) is 0 Å². The lowest BCUT2D eigenvalue weighted by Gasteiger charge is -2.11. The van der Waals surface area contributed by atoms with Crippen molar-refractivity contribution < 1.29 is 22.7 Å². The van der Waals surface area contributed by atoms with Crippen LogP contribution in [-0.4, -0.2) is 23.7 Å². The molecule has 0 aliphatic carbocycles. The van der Waals surface area contributed by atoms with Crippen molar-refractivity contribution in [3.8, 4) is 5.88 Å². The molecule has 0 saturated carbocycles. The molecule has 0 saturated heterocycles. The van der Waals surface area contributed by atoms with E-state index in [9.17, 15) is 18.0 Å². The monoisotopic (exact) mass is 422 g/mol. The molecule has 0 bridgehead atoms. The number of aryl methyl sites for hydroxylation is 1. The van der Waals surface area contributed by atoms with Gasteiger partial charge in [-0.1, -0.05) is 33.6 Å². The number of carbonyl (C=O) groups excluding carboxylic acids is 1. The van der Waals surface area contributed by atoms with Crippen LogP contribution in [-0.2, 0) is 0 Å². The van der Waals surface area contributed by atoms with Gasteiger partial charge in [-0.05, 0) is 30.7 Å². The molecule has 0 atom stereocenters. The zero-order chi connectivity index (χ0) is 17.9. The average molecular weight is 424 g/mol. The molecule has 0 aliphatic heterocycles. The van der Waals surface area contributed by atoms with Crippen LogP contribution in [0.2, 0.25) is 5.02 Å². The number of hydrogen-bond acceptors (Lipinski definition) is 3. The second-order valence-corrected chi connectivity index (χ2v) is 6.15. The maximum Gasteiger partial charge on any atom is 0.422 e. The summed E-state index contributed by atoms with van der Waals surface area (Å²) in [5, 5.41) is 2.50. The molecule has 1 amide bonds. The number of aromatic nitrogens is 1. The number of nitrogens with one attached hydrogen (secondary N) is 1. The van der Waals surface area contributed by atoms with Gasteiger partial charge in [0.25, 0.3) is 5.91 Å². The van der Waals surface area contributed by atoms with Crippen molar-refractivity contribution in [1.82, 2.24) is 4.98 Å². The molecule has 128 valence electrons. The van der Waals surface area contributed by atoms with Gasteiger partial charge in [-0.2, -0.15) is 13.2 Å². The van der Waals surface area contributed by atoms with E-state index in [1.165, 1.54) is 6.07 Å². The number of pyridine rings is 1. The first kappa shape index (κ1) is 18.5. The quantitative estimate of drug-likeness (QED) is 0.753. The number of alkyl halides is 3. The summed E-state index contributed by atoms with van der Waals surface area (Å²) in [6, 6.07) is 6.57. The molecule has 2 aromatic rings. The summed E-state index contributed by atoms with van der Waals surface area (Å²) in [4.78, 5) is 15.9. The number of anilines is 1. The fourth-order valence-electron chi connectivity index (χ4n) is 1.73. The van der Waals surface area contributed by atoms with Crippen molar-refractivity contribution in [2.45, 2.75) is 13.1 Å². The van der Waals surface area contributed by atoms with Crippen molar-refractivity contribution in [3.63, 3.8) is 0 Å². The van der Waals surface area contributed by atoms with Gasteiger partial charge in [0.15, 0.2) is 6.61 Å². The zero-order valence-electron chi connectivity index (χ0n) is 12.2. The first-order valence-electron chi connectivity index (χ1n) is 6.58. The molecule has 1 aromatic heterocycles. The number of amides is 1. The molecular weight excluding hydrogens is 413 g/mol. The SMILES string of the molecule is Cc1ccc(Br)cc1NC(=O)c1cnc(OCC(F)(F)F)c(Cl)c1. The summed E-state index contributed by atoms with van der Waals surface area (Å²) in [5.41, 5.74) is 1.53. The van der Waals surface area contributed by atoms with E-state index in [-0.39, 0.29) is 16.5 Å². The normalized spacial score (nSPS) is 11.2. The van der Waals surface area contributed by atoms with E-state index < -0.39 is 18.7 Å². The van der Waals surface area contributed by atoms with Crippen molar-refractivity contribution in [1.29, 1.82) is 0 Å². The number of ether oxygens (including phenoxy) is 1. The summed E-state index contributed by atoms with van der Waals surface area (Å²) in [5.74, 6) is -0.878. The van der Waals surface area contributed by atoms with E-state index in [2.05, 4.69) is 31.0 Å². The molecule has 0 unspecified atom stereocenters. The van der Waals surface area contributed by atoms with Gasteiger partial charge in [0.1, 0.15) is 5.02 Å². The minimum absolute atomic E-state index is 0.0961. The van der Waals surface area contributed by atoms with Gasteiger partial charge < -0.3 is 10.1 Å². The van der Waals surface area contributed by atoms with E-state index in [0.29, 0.717) is 5.69 Å². The molecule has 0 fully saturated rings. The number of halogens is 5. The van der Waals surface area contributed by atoms with E-state index in [0.717, 1.165) is 16.2 Å². The first-order valence-corrected chi connectivity index (χ1v) is 7.75. The molecule has 1 aromatic carbocycles. The van der Waals surface area contributed by atoms with Gasteiger partial charge in [0, 0.05) is 16.4 Å². The molecule has 4 nitrogen and oxygen atoms in total. The minimum Gasteiger partial charge on any atom is -0.467 e. The van der Waals surface area contributed by atoms with Crippen LogP contribution in [0.1, 0.15) is 15.9 Å². The van der Waals surface area contributed by atoms with Crippen LogP contribution < -0.4 is 10.1 Å². The van der Waals surface area contributed by atoms with Gasteiger partial charge in [-0.3, -0.25) is 4.79 Å². The van der Waals surface area contributed by atoms with Crippen molar-refractivity contribution >= 4 is 39.1 Å². The highest BCUT2D eigenvalue weighted by atomic mass is 79.9. The third-order valence-corrected chi connectivity index (χ3v) is 3.65. The Morgan fingerprint density at radius 2 is 2.08 bits per heavy atom. The average Bonchev–Trinajstić information content (AvgIpc) is 2.48. The topological polar surface area (TPSA) is 51.2 Å². The van der Waals surface area contributed by atoms with Gasteiger partial charge in [-0.25, -0.2) is 4.98 Å². The second-order valence-electron chi connectivity index (χ2n) is 4.83. The van der Waals surface area contributed by atoms with Crippen LogP contribution >= 0.6 is 27.5 Å². The highest BCUT2D eigenvalue weighted by Crippen LogP contribution is 2.26. The minimum atomic E-state index is -4.50. The predicted molar refractivity (Wildman–Crippen MR) is 87.6 cm³/mol. The van der Waals surface area contributed by atoms with E-state index in [1.807, 2.05) is 19.1 Å². The second kappa shape index (κ2) is 7.40. The van der Waals surface area contributed by atoms with Crippen LogP contribution in [0.15, 0.2) is 34.9 Å². The molecule has 2 rings (SSSR count). The van der Waals surface area contributed by atoms with Gasteiger partial charge in [0.05, 0.1) is 5.56 Å². The van der Waals surface area contributed by atoms with Crippen LogP contribution in [0, 0.1) is 6.92 Å². The largest absolute Gasteiger partial charge is 0.467 e. The Kier molecular flexibility index (Phi) is 5.71. The lowest BCUT2D eigenvalue weighted by Crippen LogP contribution is -2.20. The van der Waals surface area contributed by atoms with Crippen LogP contribution in [0.4, 0.5) is 18.9 Å². The zero-order valence-corrected chi connectivity index (χ0v) is 14.6. The third kappa shape index (κ3) is 5.10. The Morgan fingerprint density at radius 1 is 1.38 bits per heavy atom. The van der Waals surface area contributed by atoms with E-state index in [1.54, 1.807) is 6.07 Å². The lowest BCUT2D eigenvalue weighted by atomic mass is 10.2. The Labute approximate surface area is 149 Å². The molecule has 1 heterocycles. The molecule has 9 heteroatoms. The summed E-state index contributed by atoms with van der Waals surface area (Å²) in [6.45, 7) is 0.309. The molecule has 0 radical (unpaired) electrons. The third-order valence-electron chi connectivity index (χ3n) is 2.89. The first-order chi connectivity index (χ1) is 11.2. The Morgan fingerprint density at radius 3 is 2.71 bits per heavy atom. The molecular formula is C15H11BrClF3N2O2. The fourth-order valence-corrected chi connectivity index (χ4v) is 2.31. The van der Waals surface area contributed by atoms with Crippen LogP contribution in [0.5, 0.6) is 5.88 Å². The number of benzene rings is 1. The molecule has 24 heavy (non-hydrogen) atoms. The van der Waals surface area contributed by atoms with Crippen molar-refractivity contribution in [2.24, 2.45) is 0 Å². The Balaban J connectivity index is 2.13. The van der Waals surface area contributed by atoms with Gasteiger partial charge in [0.2, 0.25) is 5.88 Å². The van der Waals surface area contributed by atoms with Gasteiger partial charge >= 0.3 is 6.18 Å². The molecule has 1 N–H and O–H groups in total. The lowest BCUT2D eigenvalue weighted by molar-refractivity contribution is -0.154. The number of carbonyl (C=O) groups is 1. The number of nitrogens with zero attached hydrogens (tertiary/aromatic N) is 1. The van der Waals surface area contributed by atoms with Crippen LogP contribution in [0.25, 0.3) is 0 Å². The Hall–Kier alpha value is -1.80. The number of rotatable bonds is 4. The summed E-state index contributed by atoms with van der Waals surface area (Å²) >= 11 is 9.12. The maximum absolute atomic E-state index is 12.2. The predicted octanol–water partition coefficient (Wildman–Crippen LogP) is 5.00. The standard InChI is InChI=1S/C15H11BrClF3N2O2/c1-8-2-3-10(16)5-12(8)22-13(23)9-4-11(17)14(21-6-9)24-7-15(18,19)20/h2-6H,7H2,1H3,(H,22,23). The Bertz CT molecular complexity index is 769. The molecule has 0 aliphatic rings. The summed E-state index contributed by atoms with van der Waals surface area (Å²) in [6.07, 6.45) is -3.40. The van der Waals surface area contributed by atoms with E-state index in [4.69, 9.17) is 11.6 Å². The number of hydrogen-bond donors (Lipinski definition) is 1. The summed E-state index contributed by atoms with van der Waals surface area (Å²) in [7, 11) is 0. The van der Waals surface area contributed by atoms with Gasteiger partial charge in [-0.15, -0.1) is 0 Å². The highest BCUT2D eigenvalue weighted by Gasteiger charge is 2.29. The smallest absolute Gasteiger partial charge is 0.422 e. The molecule has 0 spiro atoms. The van der Waals surface area contributed by atoms with E-state index >= 15 is 0 Å².